The highest BCUT2D eigenvalue weighted by atomic mass is 32.1. The van der Waals surface area contributed by atoms with Crippen LogP contribution in [0.25, 0.3) is 0 Å². The first kappa shape index (κ1) is 15.5. The topological polar surface area (TPSA) is 57.0 Å². The molecule has 1 aromatic heterocycles. The van der Waals surface area contributed by atoms with Crippen molar-refractivity contribution in [3.8, 4) is 6.07 Å². The molecule has 1 atom stereocenters. The Morgan fingerprint density at radius 1 is 1.36 bits per heavy atom. The van der Waals surface area contributed by atoms with E-state index in [1.54, 1.807) is 11.3 Å². The van der Waals surface area contributed by atoms with Gasteiger partial charge in [-0.2, -0.15) is 5.26 Å². The van der Waals surface area contributed by atoms with Crippen LogP contribution < -0.4 is 0 Å². The van der Waals surface area contributed by atoms with Crippen LogP contribution in [0.3, 0.4) is 0 Å². The van der Waals surface area contributed by atoms with Crippen molar-refractivity contribution in [2.24, 2.45) is 5.41 Å². The van der Waals surface area contributed by atoms with Crippen LogP contribution in [0.1, 0.15) is 60.0 Å². The Bertz CT molecular complexity index is 590. The number of aryl methyl sites for hydroxylation is 2. The summed E-state index contributed by atoms with van der Waals surface area (Å²) in [7, 11) is 0. The highest BCUT2D eigenvalue weighted by Crippen LogP contribution is 2.41. The average molecular weight is 317 g/mol. The number of piperidine rings is 1. The third-order valence-corrected chi connectivity index (χ3v) is 6.42. The summed E-state index contributed by atoms with van der Waals surface area (Å²) in [4.78, 5) is 20.8. The van der Waals surface area contributed by atoms with E-state index in [1.807, 2.05) is 11.8 Å². The molecule has 118 valence electrons. The fourth-order valence-electron chi connectivity index (χ4n) is 3.69. The minimum atomic E-state index is -0.739. The summed E-state index contributed by atoms with van der Waals surface area (Å²) >= 11 is 1.76. The maximum absolute atomic E-state index is 12.9. The quantitative estimate of drug-likeness (QED) is 0.838. The summed E-state index contributed by atoms with van der Waals surface area (Å²) in [6, 6.07) is 2.34. The fraction of sp³-hybridized carbons (Fsp3) is 0.706. The molecule has 4 nitrogen and oxygen atoms in total. The van der Waals surface area contributed by atoms with E-state index in [0.29, 0.717) is 5.92 Å². The highest BCUT2D eigenvalue weighted by Gasteiger charge is 2.45. The van der Waals surface area contributed by atoms with E-state index in [4.69, 9.17) is 0 Å². The van der Waals surface area contributed by atoms with Gasteiger partial charge in [-0.25, -0.2) is 4.98 Å². The van der Waals surface area contributed by atoms with Crippen LogP contribution in [0.4, 0.5) is 0 Å². The van der Waals surface area contributed by atoms with Crippen LogP contribution in [0.5, 0.6) is 0 Å². The summed E-state index contributed by atoms with van der Waals surface area (Å²) in [6.45, 7) is 5.67. The van der Waals surface area contributed by atoms with Crippen LogP contribution in [0.15, 0.2) is 0 Å². The van der Waals surface area contributed by atoms with Crippen LogP contribution >= 0.6 is 11.3 Å². The molecular weight excluding hydrogens is 294 g/mol. The molecule has 5 heteroatoms. The minimum absolute atomic E-state index is 0.0715. The van der Waals surface area contributed by atoms with E-state index in [9.17, 15) is 10.1 Å². The molecule has 3 rings (SSSR count). The molecule has 1 saturated carbocycles. The normalized spacial score (nSPS) is 24.2. The zero-order valence-corrected chi connectivity index (χ0v) is 14.2. The van der Waals surface area contributed by atoms with Crippen molar-refractivity contribution in [3.05, 3.63) is 15.6 Å². The van der Waals surface area contributed by atoms with Crippen molar-refractivity contribution in [3.63, 3.8) is 0 Å². The molecule has 0 aromatic carbocycles. The van der Waals surface area contributed by atoms with Gasteiger partial charge in [0.05, 0.1) is 16.8 Å². The van der Waals surface area contributed by atoms with Gasteiger partial charge in [0.1, 0.15) is 5.41 Å². The number of nitriles is 1. The van der Waals surface area contributed by atoms with Gasteiger partial charge >= 0.3 is 0 Å². The Balaban J connectivity index is 1.75. The van der Waals surface area contributed by atoms with Gasteiger partial charge in [0.25, 0.3) is 0 Å². The standard InChI is InChI=1S/C17H23N3OS/c1-12-13(2)22-15(19-12)14-6-5-9-20(10-14)16(21)17(11-18)7-3-4-8-17/h14H,3-10H2,1-2H3. The van der Waals surface area contributed by atoms with E-state index >= 15 is 0 Å². The third kappa shape index (κ3) is 2.65. The third-order valence-electron chi connectivity index (χ3n) is 5.18. The van der Waals surface area contributed by atoms with Crippen molar-refractivity contribution in [2.75, 3.05) is 13.1 Å². The van der Waals surface area contributed by atoms with E-state index in [2.05, 4.69) is 18.0 Å². The van der Waals surface area contributed by atoms with Crippen LogP contribution in [-0.2, 0) is 4.79 Å². The number of aromatic nitrogens is 1. The first-order chi connectivity index (χ1) is 10.6. The number of carbonyl (C=O) groups excluding carboxylic acids is 1. The SMILES string of the molecule is Cc1nc(C2CCCN(C(=O)C3(C#N)CCCC3)C2)sc1C. The lowest BCUT2D eigenvalue weighted by atomic mass is 9.85. The van der Waals surface area contributed by atoms with Gasteiger partial charge in [-0.05, 0) is 39.5 Å². The van der Waals surface area contributed by atoms with Crippen molar-refractivity contribution in [2.45, 2.75) is 58.3 Å². The molecule has 2 aliphatic rings. The monoisotopic (exact) mass is 317 g/mol. The van der Waals surface area contributed by atoms with Crippen molar-refractivity contribution in [1.29, 1.82) is 5.26 Å². The van der Waals surface area contributed by atoms with Crippen LogP contribution in [0.2, 0.25) is 0 Å². The van der Waals surface area contributed by atoms with Crippen LogP contribution in [0, 0.1) is 30.6 Å². The average Bonchev–Trinajstić information content (AvgIpc) is 3.15. The fourth-order valence-corrected chi connectivity index (χ4v) is 4.74. The highest BCUT2D eigenvalue weighted by molar-refractivity contribution is 7.11. The van der Waals surface area contributed by atoms with Gasteiger partial charge in [-0.3, -0.25) is 4.79 Å². The van der Waals surface area contributed by atoms with Gasteiger partial charge in [0.15, 0.2) is 0 Å². The summed E-state index contributed by atoms with van der Waals surface area (Å²) in [5, 5.41) is 10.7. The maximum atomic E-state index is 12.9. The summed E-state index contributed by atoms with van der Waals surface area (Å²) in [5.74, 6) is 0.412. The summed E-state index contributed by atoms with van der Waals surface area (Å²) in [6.07, 6.45) is 5.58. The number of rotatable bonds is 2. The second-order valence-corrected chi connectivity index (χ2v) is 7.92. The first-order valence-electron chi connectivity index (χ1n) is 8.20. The van der Waals surface area contributed by atoms with Crippen molar-refractivity contribution < 1.29 is 4.79 Å². The van der Waals surface area contributed by atoms with E-state index in [1.165, 1.54) is 4.88 Å². The number of thiazole rings is 1. The van der Waals surface area contributed by atoms with Gasteiger partial charge in [-0.15, -0.1) is 11.3 Å². The number of amides is 1. The zero-order valence-electron chi connectivity index (χ0n) is 13.4. The molecule has 0 N–H and O–H groups in total. The zero-order chi connectivity index (χ0) is 15.7. The van der Waals surface area contributed by atoms with Crippen LogP contribution in [-0.4, -0.2) is 28.9 Å². The minimum Gasteiger partial charge on any atom is -0.341 e. The lowest BCUT2D eigenvalue weighted by molar-refractivity contribution is -0.140. The van der Waals surface area contributed by atoms with Gasteiger partial charge in [0.2, 0.25) is 5.91 Å². The molecule has 1 aliphatic heterocycles. The smallest absolute Gasteiger partial charge is 0.243 e. The number of carbonyl (C=O) groups is 1. The van der Waals surface area contributed by atoms with Crippen molar-refractivity contribution in [1.82, 2.24) is 9.88 Å². The largest absolute Gasteiger partial charge is 0.341 e. The molecule has 0 bridgehead atoms. The molecule has 0 spiro atoms. The lowest BCUT2D eigenvalue weighted by Gasteiger charge is -2.35. The second-order valence-electron chi connectivity index (χ2n) is 6.69. The molecule has 1 aromatic rings. The summed E-state index contributed by atoms with van der Waals surface area (Å²) < 4.78 is 0. The lowest BCUT2D eigenvalue weighted by Crippen LogP contribution is -2.46. The first-order valence-corrected chi connectivity index (χ1v) is 9.02. The molecule has 1 amide bonds. The second kappa shape index (κ2) is 6.00. The molecule has 1 aliphatic carbocycles. The van der Waals surface area contributed by atoms with Gasteiger partial charge in [0, 0.05) is 23.9 Å². The van der Waals surface area contributed by atoms with E-state index < -0.39 is 5.41 Å². The molecule has 22 heavy (non-hydrogen) atoms. The van der Waals surface area contributed by atoms with Gasteiger partial charge < -0.3 is 4.90 Å². The molecular formula is C17H23N3OS. The Kier molecular flexibility index (Phi) is 4.22. The van der Waals surface area contributed by atoms with E-state index in [-0.39, 0.29) is 5.91 Å². The predicted molar refractivity (Wildman–Crippen MR) is 86.7 cm³/mol. The number of hydrogen-bond acceptors (Lipinski definition) is 4. The summed E-state index contributed by atoms with van der Waals surface area (Å²) in [5.41, 5.74) is 0.365. The predicted octanol–water partition coefficient (Wildman–Crippen LogP) is 3.55. The van der Waals surface area contributed by atoms with Gasteiger partial charge in [-0.1, -0.05) is 12.8 Å². The molecule has 2 fully saturated rings. The Morgan fingerprint density at radius 2 is 2.09 bits per heavy atom. The van der Waals surface area contributed by atoms with Crippen molar-refractivity contribution >= 4 is 17.2 Å². The molecule has 1 saturated heterocycles. The number of nitrogens with zero attached hydrogens (tertiary/aromatic N) is 3. The Morgan fingerprint density at radius 3 is 2.68 bits per heavy atom. The number of hydrogen-bond donors (Lipinski definition) is 0. The Hall–Kier alpha value is -1.41. The molecule has 0 radical (unpaired) electrons. The number of likely N-dealkylation sites (tertiary alicyclic amines) is 1. The van der Waals surface area contributed by atoms with E-state index in [0.717, 1.165) is 62.3 Å². The Labute approximate surface area is 136 Å². The molecule has 1 unspecified atom stereocenters. The molecule has 2 heterocycles. The maximum Gasteiger partial charge on any atom is 0.243 e.